The van der Waals surface area contributed by atoms with Crippen molar-refractivity contribution in [3.8, 4) is 11.6 Å². The Kier molecular flexibility index (Phi) is 9.13. The molecule has 0 spiro atoms. The van der Waals surface area contributed by atoms with Gasteiger partial charge in [-0.15, -0.1) is 0 Å². The van der Waals surface area contributed by atoms with E-state index in [1.165, 1.54) is 6.33 Å². The number of nitrogens with two attached hydrogens (primary N) is 1. The Bertz CT molecular complexity index is 2220. The molecule has 16 heteroatoms. The maximum atomic E-state index is 13.3. The van der Waals surface area contributed by atoms with Gasteiger partial charge in [0.2, 0.25) is 17.7 Å². The molecule has 4 saturated heterocycles. The Labute approximate surface area is 322 Å². The molecule has 1 unspecified atom stereocenters. The highest BCUT2D eigenvalue weighted by Gasteiger charge is 2.46. The van der Waals surface area contributed by atoms with Crippen LogP contribution in [0.4, 0.5) is 17.3 Å². The molecule has 7 heterocycles. The van der Waals surface area contributed by atoms with Gasteiger partial charge in [0.25, 0.3) is 11.8 Å². The summed E-state index contributed by atoms with van der Waals surface area (Å²) < 4.78 is 5.81. The van der Waals surface area contributed by atoms with E-state index in [1.54, 1.807) is 30.5 Å². The van der Waals surface area contributed by atoms with Crippen molar-refractivity contribution in [1.29, 1.82) is 5.41 Å². The van der Waals surface area contributed by atoms with Crippen LogP contribution in [-0.2, 0) is 9.59 Å². The summed E-state index contributed by atoms with van der Waals surface area (Å²) in [5.74, 6) is -0.103. The number of carbonyl (C=O) groups is 4. The number of ether oxygens (including phenoxy) is 1. The van der Waals surface area contributed by atoms with Crippen LogP contribution in [0.1, 0.15) is 57.5 Å². The molecule has 286 valence electrons. The van der Waals surface area contributed by atoms with Crippen molar-refractivity contribution in [3.63, 3.8) is 0 Å². The highest BCUT2D eigenvalue weighted by atomic mass is 16.5. The number of nitrogens with zero attached hydrogens (tertiary/aromatic N) is 7. The normalized spacial score (nSPS) is 21.0. The molecule has 2 aromatic carbocycles. The average Bonchev–Trinajstić information content (AvgIpc) is 3.41. The highest BCUT2D eigenvalue weighted by Crippen LogP contribution is 2.34. The highest BCUT2D eigenvalue weighted by molar-refractivity contribution is 6.23. The number of piperidine rings is 2. The van der Waals surface area contributed by atoms with Gasteiger partial charge in [0.15, 0.2) is 0 Å². The second-order valence-corrected chi connectivity index (χ2v) is 15.0. The Hall–Kier alpha value is -6.26. The molecule has 56 heavy (non-hydrogen) atoms. The first-order chi connectivity index (χ1) is 27.2. The zero-order valence-electron chi connectivity index (χ0n) is 30.6. The molecule has 2 aromatic heterocycles. The van der Waals surface area contributed by atoms with Gasteiger partial charge in [-0.1, -0.05) is 18.2 Å². The van der Waals surface area contributed by atoms with E-state index in [2.05, 4.69) is 40.3 Å². The van der Waals surface area contributed by atoms with E-state index < -0.39 is 29.7 Å². The molecular formula is C40H41N11O5. The third-order valence-corrected chi connectivity index (χ3v) is 11.6. The summed E-state index contributed by atoms with van der Waals surface area (Å²) in [6, 6.07) is 18.3. The lowest BCUT2D eigenvalue weighted by Crippen LogP contribution is -2.70. The number of para-hydroxylation sites is 1. The number of hydrogen-bond acceptors (Lipinski definition) is 14. The maximum absolute atomic E-state index is 13.3. The minimum absolute atomic E-state index is 0.0907. The van der Waals surface area contributed by atoms with Gasteiger partial charge in [-0.3, -0.25) is 44.6 Å². The molecule has 4 amide bonds. The van der Waals surface area contributed by atoms with Crippen LogP contribution in [0.25, 0.3) is 0 Å². The lowest BCUT2D eigenvalue weighted by atomic mass is 9.95. The lowest BCUT2D eigenvalue weighted by Gasteiger charge is -2.55. The number of anilines is 3. The summed E-state index contributed by atoms with van der Waals surface area (Å²) in [7, 11) is 0. The molecule has 0 aliphatic carbocycles. The molecule has 4 fully saturated rings. The average molecular weight is 756 g/mol. The molecule has 5 aliphatic heterocycles. The Morgan fingerprint density at radius 2 is 1.59 bits per heavy atom. The van der Waals surface area contributed by atoms with Crippen LogP contribution in [0.2, 0.25) is 0 Å². The zero-order chi connectivity index (χ0) is 38.5. The van der Waals surface area contributed by atoms with Gasteiger partial charge >= 0.3 is 0 Å². The number of benzene rings is 2. The smallest absolute Gasteiger partial charge is 0.262 e. The van der Waals surface area contributed by atoms with E-state index in [4.69, 9.17) is 15.9 Å². The summed E-state index contributed by atoms with van der Waals surface area (Å²) in [4.78, 5) is 71.7. The molecule has 5 aliphatic rings. The Morgan fingerprint density at radius 3 is 2.32 bits per heavy atom. The minimum Gasteiger partial charge on any atom is -0.439 e. The van der Waals surface area contributed by atoms with Crippen molar-refractivity contribution in [2.45, 2.75) is 49.9 Å². The number of amides is 4. The largest absolute Gasteiger partial charge is 0.439 e. The predicted molar refractivity (Wildman–Crippen MR) is 206 cm³/mol. The Morgan fingerprint density at radius 1 is 0.839 bits per heavy atom. The lowest BCUT2D eigenvalue weighted by molar-refractivity contribution is -0.136. The summed E-state index contributed by atoms with van der Waals surface area (Å²) in [5.41, 5.74) is 8.99. The van der Waals surface area contributed by atoms with E-state index in [9.17, 15) is 19.2 Å². The molecular weight excluding hydrogens is 715 g/mol. The van der Waals surface area contributed by atoms with Crippen LogP contribution in [0.5, 0.6) is 11.6 Å². The van der Waals surface area contributed by atoms with Gasteiger partial charge < -0.3 is 20.7 Å². The third-order valence-electron chi connectivity index (χ3n) is 11.6. The van der Waals surface area contributed by atoms with E-state index >= 15 is 0 Å². The molecule has 1 atom stereocenters. The first-order valence-electron chi connectivity index (χ1n) is 18.9. The van der Waals surface area contributed by atoms with Crippen molar-refractivity contribution >= 4 is 46.7 Å². The summed E-state index contributed by atoms with van der Waals surface area (Å²) >= 11 is 0. The molecule has 9 rings (SSSR count). The van der Waals surface area contributed by atoms with Crippen LogP contribution >= 0.6 is 0 Å². The predicted octanol–water partition coefficient (Wildman–Crippen LogP) is 2.51. The third kappa shape index (κ3) is 6.60. The quantitative estimate of drug-likeness (QED) is 0.136. The second kappa shape index (κ2) is 14.4. The number of rotatable bonds is 10. The summed E-state index contributed by atoms with van der Waals surface area (Å²) in [6.45, 7) is 5.56. The number of aromatic nitrogens is 3. The number of imide groups is 2. The van der Waals surface area contributed by atoms with E-state index in [1.807, 2.05) is 36.4 Å². The first kappa shape index (κ1) is 35.4. The number of nitrogens with one attached hydrogen (secondary N) is 3. The molecule has 5 N–H and O–H groups in total. The van der Waals surface area contributed by atoms with E-state index in [0.717, 1.165) is 62.7 Å². The number of fused-ring (bicyclic) bond motifs is 1. The number of pyridine rings is 1. The molecule has 4 aromatic rings. The number of hydrogen-bond donors (Lipinski definition) is 4. The van der Waals surface area contributed by atoms with Crippen LogP contribution < -0.4 is 26.0 Å². The maximum Gasteiger partial charge on any atom is 0.262 e. The van der Waals surface area contributed by atoms with Crippen molar-refractivity contribution in [3.05, 3.63) is 95.4 Å². The topological polar surface area (TPSA) is 203 Å². The fraction of sp³-hybridized carbons (Fsp3) is 0.350. The minimum atomic E-state index is -0.973. The van der Waals surface area contributed by atoms with Crippen LogP contribution in [0, 0.1) is 5.41 Å². The van der Waals surface area contributed by atoms with Gasteiger partial charge in [0.05, 0.1) is 22.4 Å². The van der Waals surface area contributed by atoms with Gasteiger partial charge in [-0.25, -0.2) is 15.0 Å². The van der Waals surface area contributed by atoms with Gasteiger partial charge in [0.1, 0.15) is 29.8 Å². The number of nitrogen functional groups attached to an aromatic ring is 1. The standard InChI is InChI=1S/C40H41N11O5/c41-35(23-6-11-33(43-17-23)56-28-4-2-1-3-5-28)34-36(42)44-22-45-37(34)46-24-12-14-48(15-13-24)26-18-50(19-26)27-20-49(21-27)25-7-8-29-30(16-25)40(55)51(39(29)54)31-9-10-32(52)47-38(31)53/h1-8,11,16-17,22,24,26-27,31,41H,9-10,12-15,18-21H2,(H,47,52,53)(H3,42,44,45,46). The summed E-state index contributed by atoms with van der Waals surface area (Å²) in [5, 5.41) is 14.8. The number of likely N-dealkylation sites (tertiary alicyclic amines) is 2. The SMILES string of the molecule is N=C(c1ccc(Oc2ccccc2)nc1)c1c(N)ncnc1NC1CCN(C2CN(C3CN(c4ccc5c(c4)C(=O)N(C4CCC(=O)NC4=O)C5=O)C3)C2)CC1. The van der Waals surface area contributed by atoms with Crippen molar-refractivity contribution < 1.29 is 23.9 Å². The van der Waals surface area contributed by atoms with Gasteiger partial charge in [-0.05, 0) is 55.7 Å². The molecule has 16 nitrogen and oxygen atoms in total. The van der Waals surface area contributed by atoms with Crippen molar-refractivity contribution in [2.75, 3.05) is 55.2 Å². The van der Waals surface area contributed by atoms with Gasteiger partial charge in [0, 0.05) is 87.3 Å². The van der Waals surface area contributed by atoms with Crippen molar-refractivity contribution in [1.82, 2.24) is 35.0 Å². The van der Waals surface area contributed by atoms with Crippen molar-refractivity contribution in [2.24, 2.45) is 0 Å². The van der Waals surface area contributed by atoms with Gasteiger partial charge in [-0.2, -0.15) is 0 Å². The van der Waals surface area contributed by atoms with E-state index in [0.29, 0.717) is 51.8 Å². The molecule has 0 bridgehead atoms. The summed E-state index contributed by atoms with van der Waals surface area (Å²) in [6.07, 6.45) is 5.10. The fourth-order valence-electron chi connectivity index (χ4n) is 8.27. The molecule has 0 saturated carbocycles. The first-order valence-corrected chi connectivity index (χ1v) is 18.9. The second-order valence-electron chi connectivity index (χ2n) is 15.0. The van der Waals surface area contributed by atoms with Crippen LogP contribution in [-0.4, -0.2) is 122 Å². The Balaban J connectivity index is 0.745. The number of carbonyl (C=O) groups excluding carboxylic acids is 4. The zero-order valence-corrected chi connectivity index (χ0v) is 30.6. The van der Waals surface area contributed by atoms with E-state index in [-0.39, 0.29) is 30.4 Å². The van der Waals surface area contributed by atoms with Crippen LogP contribution in [0.15, 0.2) is 73.2 Å². The molecule has 0 radical (unpaired) electrons. The monoisotopic (exact) mass is 755 g/mol. The van der Waals surface area contributed by atoms with Crippen LogP contribution in [0.3, 0.4) is 0 Å². The fourth-order valence-corrected chi connectivity index (χ4v) is 8.27.